The third-order valence-electron chi connectivity index (χ3n) is 2.94. The van der Waals surface area contributed by atoms with Crippen LogP contribution in [0.1, 0.15) is 5.56 Å². The zero-order valence-electron chi connectivity index (χ0n) is 11.0. The second kappa shape index (κ2) is 7.12. The summed E-state index contributed by atoms with van der Waals surface area (Å²) >= 11 is 1.54. The maximum absolute atomic E-state index is 10.6. The molecule has 1 atom stereocenters. The number of thioether (sulfide) groups is 1. The average molecular weight is 287 g/mol. The van der Waals surface area contributed by atoms with Gasteiger partial charge in [0.05, 0.1) is 0 Å². The molecule has 104 valence electrons. The zero-order chi connectivity index (χ0) is 14.4. The topological polar surface area (TPSA) is 63.3 Å². The van der Waals surface area contributed by atoms with Crippen LogP contribution in [0, 0.1) is 0 Å². The fourth-order valence-corrected chi connectivity index (χ4v) is 2.74. The average Bonchev–Trinajstić information content (AvgIpc) is 2.48. The van der Waals surface area contributed by atoms with E-state index in [2.05, 4.69) is 36.4 Å². The highest BCUT2D eigenvalue weighted by atomic mass is 32.2. The van der Waals surface area contributed by atoms with Gasteiger partial charge in [-0.15, -0.1) is 0 Å². The first-order valence-corrected chi connectivity index (χ1v) is 7.53. The van der Waals surface area contributed by atoms with E-state index in [0.29, 0.717) is 5.75 Å². The SMILES string of the molecule is NC(CSCc1ccc(-c2ccccc2)cc1)C(=O)O. The van der Waals surface area contributed by atoms with Gasteiger partial charge in [0.15, 0.2) is 0 Å². The summed E-state index contributed by atoms with van der Waals surface area (Å²) in [5, 5.41) is 8.70. The van der Waals surface area contributed by atoms with Crippen molar-refractivity contribution in [2.24, 2.45) is 5.73 Å². The van der Waals surface area contributed by atoms with Crippen molar-refractivity contribution in [3.8, 4) is 11.1 Å². The molecule has 3 nitrogen and oxygen atoms in total. The van der Waals surface area contributed by atoms with Crippen molar-refractivity contribution in [2.45, 2.75) is 11.8 Å². The number of carboxylic acids is 1. The van der Waals surface area contributed by atoms with Crippen LogP contribution in [0.4, 0.5) is 0 Å². The molecule has 3 N–H and O–H groups in total. The molecular formula is C16H17NO2S. The summed E-state index contributed by atoms with van der Waals surface area (Å²) < 4.78 is 0. The number of rotatable bonds is 6. The summed E-state index contributed by atoms with van der Waals surface area (Å²) in [4.78, 5) is 10.6. The zero-order valence-corrected chi connectivity index (χ0v) is 11.8. The highest BCUT2D eigenvalue weighted by Gasteiger charge is 2.10. The van der Waals surface area contributed by atoms with Gasteiger partial charge in [0.1, 0.15) is 6.04 Å². The van der Waals surface area contributed by atoms with Crippen LogP contribution >= 0.6 is 11.8 Å². The lowest BCUT2D eigenvalue weighted by Crippen LogP contribution is -2.32. The highest BCUT2D eigenvalue weighted by Crippen LogP contribution is 2.21. The first kappa shape index (κ1) is 14.6. The van der Waals surface area contributed by atoms with Crippen LogP contribution in [0.2, 0.25) is 0 Å². The van der Waals surface area contributed by atoms with Gasteiger partial charge in [-0.1, -0.05) is 54.6 Å². The molecule has 0 spiro atoms. The van der Waals surface area contributed by atoms with Crippen molar-refractivity contribution in [1.29, 1.82) is 0 Å². The Kier molecular flexibility index (Phi) is 5.21. The van der Waals surface area contributed by atoms with Crippen molar-refractivity contribution in [3.05, 3.63) is 60.2 Å². The van der Waals surface area contributed by atoms with E-state index in [1.165, 1.54) is 28.5 Å². The van der Waals surface area contributed by atoms with Gasteiger partial charge in [-0.3, -0.25) is 4.79 Å². The Bertz CT molecular complexity index is 554. The van der Waals surface area contributed by atoms with Crippen molar-refractivity contribution in [3.63, 3.8) is 0 Å². The number of aliphatic carboxylic acids is 1. The third kappa shape index (κ3) is 4.11. The van der Waals surface area contributed by atoms with Gasteiger partial charge in [0, 0.05) is 11.5 Å². The molecule has 20 heavy (non-hydrogen) atoms. The molecule has 0 aliphatic rings. The van der Waals surface area contributed by atoms with E-state index >= 15 is 0 Å². The lowest BCUT2D eigenvalue weighted by atomic mass is 10.0. The molecule has 0 saturated heterocycles. The molecule has 0 radical (unpaired) electrons. The Morgan fingerprint density at radius 3 is 2.25 bits per heavy atom. The second-order valence-electron chi connectivity index (χ2n) is 4.52. The summed E-state index contributed by atoms with van der Waals surface area (Å²) in [5.74, 6) is 0.253. The molecule has 0 aliphatic carbocycles. The lowest BCUT2D eigenvalue weighted by Gasteiger charge is -2.07. The Morgan fingerprint density at radius 2 is 1.65 bits per heavy atom. The van der Waals surface area contributed by atoms with Crippen molar-refractivity contribution in [2.75, 3.05) is 5.75 Å². The Balaban J connectivity index is 1.91. The summed E-state index contributed by atoms with van der Waals surface area (Å²) in [6, 6.07) is 17.7. The number of hydrogen-bond acceptors (Lipinski definition) is 3. The summed E-state index contributed by atoms with van der Waals surface area (Å²) in [5.41, 5.74) is 9.01. The predicted molar refractivity (Wildman–Crippen MR) is 83.7 cm³/mol. The number of nitrogens with two attached hydrogens (primary N) is 1. The molecule has 4 heteroatoms. The van der Waals surface area contributed by atoms with E-state index in [9.17, 15) is 4.79 Å². The van der Waals surface area contributed by atoms with Gasteiger partial charge >= 0.3 is 5.97 Å². The summed E-state index contributed by atoms with van der Waals surface area (Å²) in [7, 11) is 0. The molecule has 2 aromatic carbocycles. The van der Waals surface area contributed by atoms with E-state index in [4.69, 9.17) is 10.8 Å². The number of carbonyl (C=O) groups is 1. The molecule has 0 aromatic heterocycles. The van der Waals surface area contributed by atoms with Crippen molar-refractivity contribution < 1.29 is 9.90 Å². The van der Waals surface area contributed by atoms with Crippen LogP contribution < -0.4 is 5.73 Å². The fourth-order valence-electron chi connectivity index (χ4n) is 1.80. The van der Waals surface area contributed by atoms with Crippen LogP contribution in [0.3, 0.4) is 0 Å². The summed E-state index contributed by atoms with van der Waals surface area (Å²) in [6.07, 6.45) is 0. The first-order chi connectivity index (χ1) is 9.66. The van der Waals surface area contributed by atoms with E-state index in [-0.39, 0.29) is 0 Å². The summed E-state index contributed by atoms with van der Waals surface area (Å²) in [6.45, 7) is 0. The molecule has 2 aromatic rings. The van der Waals surface area contributed by atoms with Gasteiger partial charge in [0.2, 0.25) is 0 Å². The molecule has 0 amide bonds. The number of carboxylic acid groups (broad SMARTS) is 1. The molecule has 0 fully saturated rings. The number of benzene rings is 2. The van der Waals surface area contributed by atoms with E-state index < -0.39 is 12.0 Å². The van der Waals surface area contributed by atoms with Gasteiger partial charge in [-0.05, 0) is 16.7 Å². The minimum atomic E-state index is -0.947. The van der Waals surface area contributed by atoms with Crippen LogP contribution in [0.15, 0.2) is 54.6 Å². The van der Waals surface area contributed by atoms with Gasteiger partial charge < -0.3 is 10.8 Å². The fraction of sp³-hybridized carbons (Fsp3) is 0.188. The predicted octanol–water partition coefficient (Wildman–Crippen LogP) is 3.00. The molecule has 0 saturated carbocycles. The Hall–Kier alpha value is -1.78. The maximum atomic E-state index is 10.6. The van der Waals surface area contributed by atoms with E-state index in [1.807, 2.05) is 18.2 Å². The highest BCUT2D eigenvalue weighted by molar-refractivity contribution is 7.98. The second-order valence-corrected chi connectivity index (χ2v) is 5.55. The standard InChI is InChI=1S/C16H17NO2S/c17-15(16(18)19)11-20-10-12-6-8-14(9-7-12)13-4-2-1-3-5-13/h1-9,15H,10-11,17H2,(H,18,19). The molecule has 0 heterocycles. The van der Waals surface area contributed by atoms with Crippen LogP contribution in [-0.2, 0) is 10.5 Å². The smallest absolute Gasteiger partial charge is 0.321 e. The largest absolute Gasteiger partial charge is 0.480 e. The van der Waals surface area contributed by atoms with Crippen LogP contribution in [0.5, 0.6) is 0 Å². The maximum Gasteiger partial charge on any atom is 0.321 e. The Morgan fingerprint density at radius 1 is 1.05 bits per heavy atom. The molecular weight excluding hydrogens is 270 g/mol. The molecule has 1 unspecified atom stereocenters. The first-order valence-electron chi connectivity index (χ1n) is 6.37. The van der Waals surface area contributed by atoms with Crippen molar-refractivity contribution in [1.82, 2.24) is 0 Å². The van der Waals surface area contributed by atoms with E-state index in [1.54, 1.807) is 0 Å². The van der Waals surface area contributed by atoms with Crippen LogP contribution in [0.25, 0.3) is 11.1 Å². The van der Waals surface area contributed by atoms with Gasteiger partial charge in [-0.2, -0.15) is 11.8 Å². The van der Waals surface area contributed by atoms with Gasteiger partial charge in [-0.25, -0.2) is 0 Å². The number of hydrogen-bond donors (Lipinski definition) is 2. The normalized spacial score (nSPS) is 12.1. The molecule has 2 rings (SSSR count). The molecule has 0 bridgehead atoms. The third-order valence-corrected chi connectivity index (χ3v) is 4.08. The molecule has 0 aliphatic heterocycles. The van der Waals surface area contributed by atoms with Crippen LogP contribution in [-0.4, -0.2) is 22.9 Å². The van der Waals surface area contributed by atoms with Crippen molar-refractivity contribution >= 4 is 17.7 Å². The Labute approximate surface area is 122 Å². The quantitative estimate of drug-likeness (QED) is 0.857. The van der Waals surface area contributed by atoms with Gasteiger partial charge in [0.25, 0.3) is 0 Å². The minimum Gasteiger partial charge on any atom is -0.480 e. The van der Waals surface area contributed by atoms with E-state index in [0.717, 1.165) is 5.75 Å². The minimum absolute atomic E-state index is 0.426. The monoisotopic (exact) mass is 287 g/mol. The lowest BCUT2D eigenvalue weighted by molar-refractivity contribution is -0.137.